The maximum atomic E-state index is 12.1. The number of fused-ring (bicyclic) bond motifs is 2. The first-order valence-electron chi connectivity index (χ1n) is 8.90. The third-order valence-corrected chi connectivity index (χ3v) is 5.86. The maximum absolute atomic E-state index is 12.1. The molecular weight excluding hydrogens is 278 g/mol. The SMILES string of the molecule is CC(C)(C)OC(=O)N1CC2C(C1)C2NC1CCN2CCCC12. The van der Waals surface area contributed by atoms with E-state index in [1.807, 2.05) is 25.7 Å². The Morgan fingerprint density at radius 1 is 1.14 bits per heavy atom. The summed E-state index contributed by atoms with van der Waals surface area (Å²) >= 11 is 0. The number of nitrogens with zero attached hydrogens (tertiary/aromatic N) is 2. The highest BCUT2D eigenvalue weighted by Gasteiger charge is 2.58. The van der Waals surface area contributed by atoms with Gasteiger partial charge in [-0.3, -0.25) is 4.90 Å². The van der Waals surface area contributed by atoms with E-state index >= 15 is 0 Å². The van der Waals surface area contributed by atoms with Crippen molar-refractivity contribution in [3.63, 3.8) is 0 Å². The predicted octanol–water partition coefficient (Wildman–Crippen LogP) is 1.68. The van der Waals surface area contributed by atoms with Crippen molar-refractivity contribution in [2.45, 2.75) is 63.8 Å². The lowest BCUT2D eigenvalue weighted by Crippen LogP contribution is -2.44. The van der Waals surface area contributed by atoms with Crippen LogP contribution in [0.4, 0.5) is 4.79 Å². The van der Waals surface area contributed by atoms with Gasteiger partial charge in [-0.25, -0.2) is 4.79 Å². The normalized spacial score (nSPS) is 40.7. The Bertz CT molecular complexity index is 449. The van der Waals surface area contributed by atoms with Gasteiger partial charge in [0.15, 0.2) is 0 Å². The average Bonchev–Trinajstić information content (AvgIpc) is 2.86. The summed E-state index contributed by atoms with van der Waals surface area (Å²) in [5.41, 5.74) is -0.392. The number of likely N-dealkylation sites (tertiary alicyclic amines) is 1. The molecule has 4 aliphatic rings. The zero-order valence-corrected chi connectivity index (χ0v) is 14.0. The van der Waals surface area contributed by atoms with Crippen molar-refractivity contribution in [3.8, 4) is 0 Å². The van der Waals surface area contributed by atoms with Crippen LogP contribution in [0.3, 0.4) is 0 Å². The minimum atomic E-state index is -0.392. The predicted molar refractivity (Wildman–Crippen MR) is 84.7 cm³/mol. The van der Waals surface area contributed by atoms with Gasteiger partial charge in [0.25, 0.3) is 0 Å². The van der Waals surface area contributed by atoms with E-state index in [-0.39, 0.29) is 6.09 Å². The molecule has 5 heteroatoms. The van der Waals surface area contributed by atoms with E-state index < -0.39 is 5.60 Å². The number of piperidine rings is 1. The van der Waals surface area contributed by atoms with E-state index in [0.29, 0.717) is 23.9 Å². The summed E-state index contributed by atoms with van der Waals surface area (Å²) in [6.45, 7) is 10.1. The number of hydrogen-bond donors (Lipinski definition) is 1. The number of rotatable bonds is 2. The van der Waals surface area contributed by atoms with Crippen LogP contribution in [0, 0.1) is 11.8 Å². The smallest absolute Gasteiger partial charge is 0.410 e. The summed E-state index contributed by atoms with van der Waals surface area (Å²) in [4.78, 5) is 16.7. The number of carbonyl (C=O) groups excluding carboxylic acids is 1. The zero-order chi connectivity index (χ0) is 15.5. The first kappa shape index (κ1) is 14.8. The summed E-state index contributed by atoms with van der Waals surface area (Å²) < 4.78 is 5.48. The molecule has 4 fully saturated rings. The topological polar surface area (TPSA) is 44.8 Å². The molecule has 124 valence electrons. The van der Waals surface area contributed by atoms with Crippen molar-refractivity contribution in [1.29, 1.82) is 0 Å². The van der Waals surface area contributed by atoms with Gasteiger partial charge in [0.05, 0.1) is 0 Å². The highest BCUT2D eigenvalue weighted by molar-refractivity contribution is 5.69. The molecule has 0 radical (unpaired) electrons. The highest BCUT2D eigenvalue weighted by atomic mass is 16.6. The first-order valence-corrected chi connectivity index (χ1v) is 8.90. The molecule has 4 unspecified atom stereocenters. The molecule has 0 aromatic carbocycles. The second-order valence-corrected chi connectivity index (χ2v) is 8.55. The number of nitrogens with one attached hydrogen (secondary N) is 1. The van der Waals surface area contributed by atoms with E-state index in [0.717, 1.165) is 19.1 Å². The fourth-order valence-corrected chi connectivity index (χ4v) is 4.77. The summed E-state index contributed by atoms with van der Waals surface area (Å²) in [7, 11) is 0. The Morgan fingerprint density at radius 3 is 2.55 bits per heavy atom. The van der Waals surface area contributed by atoms with Gasteiger partial charge in [-0.05, 0) is 58.4 Å². The fraction of sp³-hybridized carbons (Fsp3) is 0.941. The van der Waals surface area contributed by atoms with Crippen LogP contribution in [0.15, 0.2) is 0 Å². The molecule has 1 saturated carbocycles. The molecule has 3 saturated heterocycles. The lowest BCUT2D eigenvalue weighted by atomic mass is 10.1. The Hall–Kier alpha value is -0.810. The van der Waals surface area contributed by atoms with Gasteiger partial charge in [-0.2, -0.15) is 0 Å². The molecule has 0 bridgehead atoms. The van der Waals surface area contributed by atoms with Gasteiger partial charge in [-0.15, -0.1) is 0 Å². The largest absolute Gasteiger partial charge is 0.444 e. The monoisotopic (exact) mass is 307 g/mol. The second-order valence-electron chi connectivity index (χ2n) is 8.55. The lowest BCUT2D eigenvalue weighted by molar-refractivity contribution is 0.0268. The van der Waals surface area contributed by atoms with Gasteiger partial charge in [0.1, 0.15) is 5.60 Å². The van der Waals surface area contributed by atoms with Gasteiger partial charge >= 0.3 is 6.09 Å². The molecule has 22 heavy (non-hydrogen) atoms. The molecule has 4 rings (SSSR count). The van der Waals surface area contributed by atoms with Crippen LogP contribution < -0.4 is 5.32 Å². The number of amides is 1. The molecule has 3 aliphatic heterocycles. The Kier molecular flexibility index (Phi) is 3.42. The van der Waals surface area contributed by atoms with Crippen molar-refractivity contribution < 1.29 is 9.53 Å². The molecule has 1 aliphatic carbocycles. The van der Waals surface area contributed by atoms with Crippen LogP contribution in [0.5, 0.6) is 0 Å². The maximum Gasteiger partial charge on any atom is 0.410 e. The van der Waals surface area contributed by atoms with Crippen molar-refractivity contribution >= 4 is 6.09 Å². The van der Waals surface area contributed by atoms with E-state index in [9.17, 15) is 4.79 Å². The van der Waals surface area contributed by atoms with Crippen molar-refractivity contribution in [3.05, 3.63) is 0 Å². The standard InChI is InChI=1S/C17H29N3O2/c1-17(2,3)22-16(21)20-9-11-12(10-20)15(11)18-13-6-8-19-7-4-5-14(13)19/h11-15,18H,4-10H2,1-3H3. The minimum absolute atomic E-state index is 0.138. The Labute approximate surface area is 133 Å². The van der Waals surface area contributed by atoms with Crippen LogP contribution in [0.25, 0.3) is 0 Å². The zero-order valence-electron chi connectivity index (χ0n) is 14.0. The van der Waals surface area contributed by atoms with E-state index in [4.69, 9.17) is 4.74 Å². The third kappa shape index (κ3) is 2.62. The van der Waals surface area contributed by atoms with Crippen LogP contribution in [-0.2, 0) is 4.74 Å². The number of hydrogen-bond acceptors (Lipinski definition) is 4. The summed E-state index contributed by atoms with van der Waals surface area (Å²) in [5.74, 6) is 1.31. The molecule has 0 aromatic rings. The van der Waals surface area contributed by atoms with E-state index in [1.54, 1.807) is 0 Å². The van der Waals surface area contributed by atoms with Gasteiger partial charge < -0.3 is 15.0 Å². The highest BCUT2D eigenvalue weighted by Crippen LogP contribution is 2.47. The second kappa shape index (κ2) is 5.10. The minimum Gasteiger partial charge on any atom is -0.444 e. The molecule has 1 N–H and O–H groups in total. The molecule has 5 nitrogen and oxygen atoms in total. The lowest BCUT2D eigenvalue weighted by Gasteiger charge is -2.27. The molecule has 1 amide bonds. The summed E-state index contributed by atoms with van der Waals surface area (Å²) in [6, 6.07) is 2.11. The average molecular weight is 307 g/mol. The van der Waals surface area contributed by atoms with Crippen molar-refractivity contribution in [2.75, 3.05) is 26.2 Å². The first-order chi connectivity index (χ1) is 10.4. The van der Waals surface area contributed by atoms with Gasteiger partial charge in [0, 0.05) is 37.8 Å². The van der Waals surface area contributed by atoms with E-state index in [1.165, 1.54) is 32.4 Å². The molecule has 0 spiro atoms. The summed E-state index contributed by atoms with van der Waals surface area (Å²) in [6.07, 6.45) is 3.90. The van der Waals surface area contributed by atoms with Crippen molar-refractivity contribution in [1.82, 2.24) is 15.1 Å². The number of carbonyl (C=O) groups is 1. The molecule has 4 atom stereocenters. The summed E-state index contributed by atoms with van der Waals surface area (Å²) in [5, 5.41) is 3.91. The van der Waals surface area contributed by atoms with Crippen LogP contribution >= 0.6 is 0 Å². The Balaban J connectivity index is 1.26. The Morgan fingerprint density at radius 2 is 1.86 bits per heavy atom. The molecular formula is C17H29N3O2. The fourth-order valence-electron chi connectivity index (χ4n) is 4.77. The van der Waals surface area contributed by atoms with Crippen LogP contribution in [0.1, 0.15) is 40.0 Å². The van der Waals surface area contributed by atoms with E-state index in [2.05, 4.69) is 10.2 Å². The van der Waals surface area contributed by atoms with Crippen LogP contribution in [-0.4, -0.2) is 65.8 Å². The van der Waals surface area contributed by atoms with Crippen LogP contribution in [0.2, 0.25) is 0 Å². The molecule has 0 aromatic heterocycles. The van der Waals surface area contributed by atoms with Crippen molar-refractivity contribution in [2.24, 2.45) is 11.8 Å². The van der Waals surface area contributed by atoms with Gasteiger partial charge in [-0.1, -0.05) is 0 Å². The number of ether oxygens (including phenoxy) is 1. The third-order valence-electron chi connectivity index (χ3n) is 5.86. The quantitative estimate of drug-likeness (QED) is 0.843. The van der Waals surface area contributed by atoms with Gasteiger partial charge in [0.2, 0.25) is 0 Å². The molecule has 3 heterocycles.